The van der Waals surface area contributed by atoms with Crippen LogP contribution in [-0.4, -0.2) is 47.9 Å². The summed E-state index contributed by atoms with van der Waals surface area (Å²) < 4.78 is 17.1. The zero-order chi connectivity index (χ0) is 20.8. The van der Waals surface area contributed by atoms with Crippen LogP contribution in [0.3, 0.4) is 0 Å². The number of ether oxygens (including phenoxy) is 3. The average molecular weight is 415 g/mol. The van der Waals surface area contributed by atoms with Crippen molar-refractivity contribution in [1.82, 2.24) is 14.9 Å². The van der Waals surface area contributed by atoms with Crippen molar-refractivity contribution in [1.29, 1.82) is 0 Å². The third-order valence-electron chi connectivity index (χ3n) is 4.01. The van der Waals surface area contributed by atoms with Crippen LogP contribution in [0.4, 0.5) is 5.69 Å². The topological polar surface area (TPSA) is 114 Å². The van der Waals surface area contributed by atoms with E-state index in [1.165, 1.54) is 23.5 Å². The van der Waals surface area contributed by atoms with Gasteiger partial charge in [-0.15, -0.1) is 10.2 Å². The van der Waals surface area contributed by atoms with Gasteiger partial charge in [-0.3, -0.25) is 4.79 Å². The molecule has 1 aromatic heterocycles. The molecule has 29 heavy (non-hydrogen) atoms. The molecule has 1 amide bonds. The standard InChI is InChI=1S/C19H21N5O4S/c1-26-14-7-5-4-6-13(14)18-22-23-19(24(18)20)29-11-17(25)21-12-8-9-15(27-2)16(10-12)28-3/h4-10H,11,20H2,1-3H3,(H,21,25). The van der Waals surface area contributed by atoms with Gasteiger partial charge in [0.15, 0.2) is 17.3 Å². The van der Waals surface area contributed by atoms with Crippen LogP contribution in [0.2, 0.25) is 0 Å². The number of para-hydroxylation sites is 1. The molecule has 3 rings (SSSR count). The van der Waals surface area contributed by atoms with Crippen LogP contribution in [-0.2, 0) is 4.79 Å². The van der Waals surface area contributed by atoms with Crippen molar-refractivity contribution in [3.8, 4) is 28.6 Å². The van der Waals surface area contributed by atoms with Crippen LogP contribution >= 0.6 is 11.8 Å². The van der Waals surface area contributed by atoms with Crippen molar-refractivity contribution in [2.75, 3.05) is 38.2 Å². The minimum absolute atomic E-state index is 0.107. The van der Waals surface area contributed by atoms with Crippen molar-refractivity contribution in [2.45, 2.75) is 5.16 Å². The van der Waals surface area contributed by atoms with E-state index >= 15 is 0 Å². The fourth-order valence-corrected chi connectivity index (χ4v) is 3.29. The Bertz CT molecular complexity index is 1010. The molecular weight excluding hydrogens is 394 g/mol. The van der Waals surface area contributed by atoms with Crippen LogP contribution < -0.4 is 25.4 Å². The maximum Gasteiger partial charge on any atom is 0.234 e. The molecule has 0 fully saturated rings. The van der Waals surface area contributed by atoms with E-state index in [2.05, 4.69) is 15.5 Å². The normalized spacial score (nSPS) is 10.4. The van der Waals surface area contributed by atoms with E-state index in [9.17, 15) is 4.79 Å². The number of anilines is 1. The highest BCUT2D eigenvalue weighted by Crippen LogP contribution is 2.31. The Labute approximate surface area is 172 Å². The largest absolute Gasteiger partial charge is 0.496 e. The Balaban J connectivity index is 1.66. The van der Waals surface area contributed by atoms with Crippen molar-refractivity contribution >= 4 is 23.4 Å². The summed E-state index contributed by atoms with van der Waals surface area (Å²) in [5.41, 5.74) is 1.31. The lowest BCUT2D eigenvalue weighted by atomic mass is 10.2. The Morgan fingerprint density at radius 3 is 2.48 bits per heavy atom. The first-order valence-corrected chi connectivity index (χ1v) is 9.54. The van der Waals surface area contributed by atoms with E-state index in [1.807, 2.05) is 24.3 Å². The van der Waals surface area contributed by atoms with Gasteiger partial charge in [0.05, 0.1) is 32.6 Å². The molecule has 0 aliphatic carbocycles. The number of thioether (sulfide) groups is 1. The van der Waals surface area contributed by atoms with Crippen molar-refractivity contribution < 1.29 is 19.0 Å². The van der Waals surface area contributed by atoms with Gasteiger partial charge < -0.3 is 25.4 Å². The van der Waals surface area contributed by atoms with Crippen LogP contribution in [0, 0.1) is 0 Å². The second kappa shape index (κ2) is 9.20. The molecule has 3 N–H and O–H groups in total. The molecule has 0 saturated heterocycles. The first-order valence-electron chi connectivity index (χ1n) is 8.56. The summed E-state index contributed by atoms with van der Waals surface area (Å²) in [7, 11) is 4.66. The number of nitrogens with one attached hydrogen (secondary N) is 1. The lowest BCUT2D eigenvalue weighted by molar-refractivity contribution is -0.113. The van der Waals surface area contributed by atoms with Gasteiger partial charge in [-0.05, 0) is 24.3 Å². The number of nitrogens with two attached hydrogens (primary N) is 1. The zero-order valence-electron chi connectivity index (χ0n) is 16.2. The molecule has 152 valence electrons. The lowest BCUT2D eigenvalue weighted by Crippen LogP contribution is -2.16. The number of methoxy groups -OCH3 is 3. The minimum atomic E-state index is -0.218. The minimum Gasteiger partial charge on any atom is -0.496 e. The summed E-state index contributed by atoms with van der Waals surface area (Å²) >= 11 is 1.18. The van der Waals surface area contributed by atoms with Gasteiger partial charge in [-0.25, -0.2) is 4.68 Å². The number of hydrogen-bond donors (Lipinski definition) is 2. The van der Waals surface area contributed by atoms with E-state index in [-0.39, 0.29) is 11.7 Å². The van der Waals surface area contributed by atoms with E-state index < -0.39 is 0 Å². The van der Waals surface area contributed by atoms with E-state index in [4.69, 9.17) is 20.1 Å². The van der Waals surface area contributed by atoms with Gasteiger partial charge in [0, 0.05) is 11.8 Å². The summed E-state index contributed by atoms with van der Waals surface area (Å²) in [6.45, 7) is 0. The molecule has 1 heterocycles. The first-order chi connectivity index (χ1) is 14.1. The Morgan fingerprint density at radius 2 is 1.76 bits per heavy atom. The predicted molar refractivity (Wildman–Crippen MR) is 111 cm³/mol. The summed E-state index contributed by atoms with van der Waals surface area (Å²) in [6.07, 6.45) is 0. The predicted octanol–water partition coefficient (Wildman–Crippen LogP) is 2.42. The molecule has 0 bridgehead atoms. The number of nitrogen functional groups attached to an aromatic ring is 1. The molecule has 0 aliphatic heterocycles. The van der Waals surface area contributed by atoms with Gasteiger partial charge in [-0.1, -0.05) is 23.9 Å². The van der Waals surface area contributed by atoms with Crippen molar-refractivity contribution in [2.24, 2.45) is 0 Å². The zero-order valence-corrected chi connectivity index (χ0v) is 17.0. The number of benzene rings is 2. The van der Waals surface area contributed by atoms with Crippen molar-refractivity contribution in [3.05, 3.63) is 42.5 Å². The summed E-state index contributed by atoms with van der Waals surface area (Å²) in [4.78, 5) is 12.3. The van der Waals surface area contributed by atoms with Gasteiger partial charge in [0.25, 0.3) is 0 Å². The third kappa shape index (κ3) is 4.54. The van der Waals surface area contributed by atoms with Crippen molar-refractivity contribution in [3.63, 3.8) is 0 Å². The number of hydrogen-bond acceptors (Lipinski definition) is 8. The van der Waals surface area contributed by atoms with Gasteiger partial charge in [0.2, 0.25) is 11.1 Å². The number of amides is 1. The highest BCUT2D eigenvalue weighted by Gasteiger charge is 2.17. The Hall–Kier alpha value is -3.40. The first kappa shape index (κ1) is 20.3. The SMILES string of the molecule is COc1ccc(NC(=O)CSc2nnc(-c3ccccc3OC)n2N)cc1OC. The molecule has 0 atom stereocenters. The number of carbonyl (C=O) groups is 1. The fourth-order valence-electron chi connectivity index (χ4n) is 2.63. The fraction of sp³-hybridized carbons (Fsp3) is 0.211. The monoisotopic (exact) mass is 415 g/mol. The Morgan fingerprint density at radius 1 is 1.03 bits per heavy atom. The molecule has 0 radical (unpaired) electrons. The molecule has 0 aliphatic rings. The summed E-state index contributed by atoms with van der Waals surface area (Å²) in [6, 6.07) is 12.5. The second-order valence-corrected chi connectivity index (χ2v) is 6.73. The molecule has 2 aromatic carbocycles. The maximum atomic E-state index is 12.3. The second-order valence-electron chi connectivity index (χ2n) is 5.78. The molecule has 10 heteroatoms. The van der Waals surface area contributed by atoms with E-state index in [0.717, 1.165) is 0 Å². The van der Waals surface area contributed by atoms with Crippen LogP contribution in [0.1, 0.15) is 0 Å². The molecule has 0 unspecified atom stereocenters. The molecule has 0 saturated carbocycles. The highest BCUT2D eigenvalue weighted by atomic mass is 32.2. The Kier molecular flexibility index (Phi) is 6.45. The number of rotatable bonds is 8. The molecular formula is C19H21N5O4S. The van der Waals surface area contributed by atoms with Crippen LogP contribution in [0.15, 0.2) is 47.6 Å². The van der Waals surface area contributed by atoms with Crippen LogP contribution in [0.25, 0.3) is 11.4 Å². The number of carbonyl (C=O) groups excluding carboxylic acids is 1. The average Bonchev–Trinajstić information content (AvgIpc) is 3.12. The van der Waals surface area contributed by atoms with Gasteiger partial charge in [-0.2, -0.15) is 0 Å². The summed E-state index contributed by atoms with van der Waals surface area (Å²) in [5, 5.41) is 11.4. The lowest BCUT2D eigenvalue weighted by Gasteiger charge is -2.10. The van der Waals surface area contributed by atoms with Gasteiger partial charge in [0.1, 0.15) is 5.75 Å². The third-order valence-corrected chi connectivity index (χ3v) is 4.96. The smallest absolute Gasteiger partial charge is 0.234 e. The number of aromatic nitrogens is 3. The van der Waals surface area contributed by atoms with Crippen LogP contribution in [0.5, 0.6) is 17.2 Å². The molecule has 9 nitrogen and oxygen atoms in total. The summed E-state index contributed by atoms with van der Waals surface area (Å²) in [5.74, 6) is 8.20. The maximum absolute atomic E-state index is 12.3. The molecule has 3 aromatic rings. The van der Waals surface area contributed by atoms with Gasteiger partial charge >= 0.3 is 0 Å². The van der Waals surface area contributed by atoms with E-state index in [1.54, 1.807) is 32.4 Å². The number of nitrogens with zero attached hydrogens (tertiary/aromatic N) is 3. The molecule has 0 spiro atoms. The quantitative estimate of drug-likeness (QED) is 0.426. The van der Waals surface area contributed by atoms with E-state index in [0.29, 0.717) is 39.5 Å². The highest BCUT2D eigenvalue weighted by molar-refractivity contribution is 7.99.